The predicted molar refractivity (Wildman–Crippen MR) is 65.5 cm³/mol. The average Bonchev–Trinajstić information content (AvgIpc) is 2.75. The van der Waals surface area contributed by atoms with Gasteiger partial charge in [0.15, 0.2) is 0 Å². The maximum Gasteiger partial charge on any atom is 0.125 e. The quantitative estimate of drug-likeness (QED) is 0.829. The van der Waals surface area contributed by atoms with E-state index in [0.717, 1.165) is 22.8 Å². The van der Waals surface area contributed by atoms with E-state index in [-0.39, 0.29) is 6.04 Å². The van der Waals surface area contributed by atoms with Crippen LogP contribution in [0.5, 0.6) is 0 Å². The van der Waals surface area contributed by atoms with Crippen LogP contribution in [-0.2, 0) is 0 Å². The fourth-order valence-electron chi connectivity index (χ4n) is 1.64. The summed E-state index contributed by atoms with van der Waals surface area (Å²) in [6.07, 6.45) is 0. The standard InChI is InChI=1S/C13H16N2O/c1-9-3-8-12(16-9)13(14)10-4-6-11(15-2)7-5-10/h3-8,13,15H,14H2,1-2H3. The zero-order valence-electron chi connectivity index (χ0n) is 9.53. The van der Waals surface area contributed by atoms with E-state index >= 15 is 0 Å². The lowest BCUT2D eigenvalue weighted by atomic mass is 10.1. The van der Waals surface area contributed by atoms with Crippen molar-refractivity contribution >= 4 is 5.69 Å². The highest BCUT2D eigenvalue weighted by atomic mass is 16.3. The second-order valence-corrected chi connectivity index (χ2v) is 3.80. The van der Waals surface area contributed by atoms with Gasteiger partial charge < -0.3 is 15.5 Å². The van der Waals surface area contributed by atoms with Gasteiger partial charge in [0, 0.05) is 12.7 Å². The summed E-state index contributed by atoms with van der Waals surface area (Å²) < 4.78 is 5.52. The molecule has 0 aliphatic heterocycles. The van der Waals surface area contributed by atoms with Crippen LogP contribution < -0.4 is 11.1 Å². The van der Waals surface area contributed by atoms with E-state index in [9.17, 15) is 0 Å². The van der Waals surface area contributed by atoms with Gasteiger partial charge in [-0.15, -0.1) is 0 Å². The molecule has 0 saturated carbocycles. The maximum atomic E-state index is 6.11. The van der Waals surface area contributed by atoms with Crippen LogP contribution in [0.4, 0.5) is 5.69 Å². The SMILES string of the molecule is CNc1ccc(C(N)c2ccc(C)o2)cc1. The Balaban J connectivity index is 2.23. The molecule has 0 amide bonds. The summed E-state index contributed by atoms with van der Waals surface area (Å²) in [6, 6.07) is 11.7. The zero-order chi connectivity index (χ0) is 11.5. The van der Waals surface area contributed by atoms with Crippen LogP contribution in [0, 0.1) is 6.92 Å². The van der Waals surface area contributed by atoms with Crippen molar-refractivity contribution in [3.8, 4) is 0 Å². The van der Waals surface area contributed by atoms with Crippen LogP contribution in [-0.4, -0.2) is 7.05 Å². The Bertz CT molecular complexity index is 459. The summed E-state index contributed by atoms with van der Waals surface area (Å²) >= 11 is 0. The summed E-state index contributed by atoms with van der Waals surface area (Å²) in [4.78, 5) is 0. The summed E-state index contributed by atoms with van der Waals surface area (Å²) in [6.45, 7) is 1.92. The summed E-state index contributed by atoms with van der Waals surface area (Å²) in [7, 11) is 1.89. The molecule has 0 aliphatic rings. The Morgan fingerprint density at radius 1 is 1.12 bits per heavy atom. The number of nitrogens with two attached hydrogens (primary N) is 1. The molecular weight excluding hydrogens is 200 g/mol. The van der Waals surface area contributed by atoms with E-state index < -0.39 is 0 Å². The second-order valence-electron chi connectivity index (χ2n) is 3.80. The summed E-state index contributed by atoms with van der Waals surface area (Å²) in [5.41, 5.74) is 8.23. The number of rotatable bonds is 3. The molecular formula is C13H16N2O. The number of anilines is 1. The van der Waals surface area contributed by atoms with Gasteiger partial charge in [0.1, 0.15) is 11.5 Å². The van der Waals surface area contributed by atoms with E-state index in [1.165, 1.54) is 0 Å². The van der Waals surface area contributed by atoms with Gasteiger partial charge in [0.05, 0.1) is 6.04 Å². The van der Waals surface area contributed by atoms with E-state index in [1.54, 1.807) is 0 Å². The van der Waals surface area contributed by atoms with Crippen molar-refractivity contribution in [1.29, 1.82) is 0 Å². The topological polar surface area (TPSA) is 51.2 Å². The van der Waals surface area contributed by atoms with E-state index in [4.69, 9.17) is 10.2 Å². The molecule has 84 valence electrons. The van der Waals surface area contributed by atoms with Crippen molar-refractivity contribution in [1.82, 2.24) is 0 Å². The number of furan rings is 1. The van der Waals surface area contributed by atoms with Gasteiger partial charge in [-0.3, -0.25) is 0 Å². The second kappa shape index (κ2) is 4.41. The van der Waals surface area contributed by atoms with Crippen LogP contribution in [0.2, 0.25) is 0 Å². The van der Waals surface area contributed by atoms with Crippen molar-refractivity contribution in [2.45, 2.75) is 13.0 Å². The van der Waals surface area contributed by atoms with E-state index in [2.05, 4.69) is 5.32 Å². The molecule has 0 aliphatic carbocycles. The molecule has 16 heavy (non-hydrogen) atoms. The van der Waals surface area contributed by atoms with Crippen molar-refractivity contribution in [3.05, 3.63) is 53.5 Å². The number of hydrogen-bond donors (Lipinski definition) is 2. The average molecular weight is 216 g/mol. The first-order valence-corrected chi connectivity index (χ1v) is 5.30. The van der Waals surface area contributed by atoms with Crippen LogP contribution >= 0.6 is 0 Å². The first-order valence-electron chi connectivity index (χ1n) is 5.30. The van der Waals surface area contributed by atoms with Crippen LogP contribution in [0.1, 0.15) is 23.1 Å². The summed E-state index contributed by atoms with van der Waals surface area (Å²) in [5.74, 6) is 1.69. The Kier molecular flexibility index (Phi) is 2.97. The fourth-order valence-corrected chi connectivity index (χ4v) is 1.64. The van der Waals surface area contributed by atoms with Crippen LogP contribution in [0.25, 0.3) is 0 Å². The van der Waals surface area contributed by atoms with Crippen molar-refractivity contribution in [3.63, 3.8) is 0 Å². The molecule has 0 saturated heterocycles. The molecule has 1 aromatic carbocycles. The normalized spacial score (nSPS) is 12.4. The third kappa shape index (κ3) is 2.09. The molecule has 3 nitrogen and oxygen atoms in total. The lowest BCUT2D eigenvalue weighted by Gasteiger charge is -2.10. The first-order chi connectivity index (χ1) is 7.70. The van der Waals surface area contributed by atoms with Gasteiger partial charge in [-0.25, -0.2) is 0 Å². The van der Waals surface area contributed by atoms with Gasteiger partial charge in [0.2, 0.25) is 0 Å². The lowest BCUT2D eigenvalue weighted by molar-refractivity contribution is 0.466. The molecule has 2 rings (SSSR count). The molecule has 0 bridgehead atoms. The molecule has 0 spiro atoms. The van der Waals surface area contributed by atoms with Crippen molar-refractivity contribution in [2.75, 3.05) is 12.4 Å². The van der Waals surface area contributed by atoms with Gasteiger partial charge in [-0.05, 0) is 36.8 Å². The molecule has 0 fully saturated rings. The van der Waals surface area contributed by atoms with Gasteiger partial charge in [0.25, 0.3) is 0 Å². The zero-order valence-corrected chi connectivity index (χ0v) is 9.53. The Morgan fingerprint density at radius 3 is 2.31 bits per heavy atom. The molecule has 3 N–H and O–H groups in total. The first kappa shape index (κ1) is 10.8. The van der Waals surface area contributed by atoms with Crippen LogP contribution in [0.3, 0.4) is 0 Å². The minimum atomic E-state index is -0.195. The monoisotopic (exact) mass is 216 g/mol. The third-order valence-electron chi connectivity index (χ3n) is 2.63. The van der Waals surface area contributed by atoms with E-state index in [0.29, 0.717) is 0 Å². The smallest absolute Gasteiger partial charge is 0.125 e. The lowest BCUT2D eigenvalue weighted by Crippen LogP contribution is -2.10. The highest BCUT2D eigenvalue weighted by Gasteiger charge is 2.12. The Morgan fingerprint density at radius 2 is 1.81 bits per heavy atom. The van der Waals surface area contributed by atoms with Gasteiger partial charge in [-0.1, -0.05) is 12.1 Å². The molecule has 1 heterocycles. The minimum absolute atomic E-state index is 0.195. The third-order valence-corrected chi connectivity index (χ3v) is 2.63. The van der Waals surface area contributed by atoms with Gasteiger partial charge in [-0.2, -0.15) is 0 Å². The number of aryl methyl sites for hydroxylation is 1. The number of benzene rings is 1. The molecule has 2 aromatic rings. The number of hydrogen-bond acceptors (Lipinski definition) is 3. The van der Waals surface area contributed by atoms with E-state index in [1.807, 2.05) is 50.4 Å². The maximum absolute atomic E-state index is 6.11. The van der Waals surface area contributed by atoms with Gasteiger partial charge >= 0.3 is 0 Å². The van der Waals surface area contributed by atoms with Crippen molar-refractivity contribution < 1.29 is 4.42 Å². The Hall–Kier alpha value is -1.74. The molecule has 1 aromatic heterocycles. The van der Waals surface area contributed by atoms with Crippen LogP contribution in [0.15, 0.2) is 40.8 Å². The fraction of sp³-hybridized carbons (Fsp3) is 0.231. The molecule has 1 unspecified atom stereocenters. The highest BCUT2D eigenvalue weighted by molar-refractivity contribution is 5.45. The minimum Gasteiger partial charge on any atom is -0.464 e. The highest BCUT2D eigenvalue weighted by Crippen LogP contribution is 2.22. The van der Waals surface area contributed by atoms with Crippen molar-refractivity contribution in [2.24, 2.45) is 5.73 Å². The number of nitrogens with one attached hydrogen (secondary N) is 1. The molecule has 0 radical (unpaired) electrons. The largest absolute Gasteiger partial charge is 0.464 e. The molecule has 3 heteroatoms. The summed E-state index contributed by atoms with van der Waals surface area (Å²) in [5, 5.41) is 3.07. The molecule has 1 atom stereocenters. The predicted octanol–water partition coefficient (Wildman–Crippen LogP) is 2.68. The Labute approximate surface area is 95.3 Å².